The Hall–Kier alpha value is -0.670. The molecule has 0 aliphatic carbocycles. The predicted octanol–water partition coefficient (Wildman–Crippen LogP) is 2.19. The molecular weight excluding hydrogens is 204 g/mol. The third-order valence-electron chi connectivity index (χ3n) is 3.06. The summed E-state index contributed by atoms with van der Waals surface area (Å²) in [6, 6.07) is 8.81. The van der Waals surface area contributed by atoms with Crippen molar-refractivity contribution in [3.05, 3.63) is 24.3 Å². The standard InChI is InChI=1S/C12H18N2S/c1-15-12-4-2-11(3-5-12)14-7-6-10(8-13)9-14/h2-5,10H,6-9,13H2,1H3. The molecule has 1 aromatic rings. The highest BCUT2D eigenvalue weighted by molar-refractivity contribution is 7.98. The molecule has 2 nitrogen and oxygen atoms in total. The van der Waals surface area contributed by atoms with Gasteiger partial charge in [-0.1, -0.05) is 0 Å². The largest absolute Gasteiger partial charge is 0.371 e. The fourth-order valence-electron chi connectivity index (χ4n) is 2.05. The minimum Gasteiger partial charge on any atom is -0.371 e. The molecule has 0 radical (unpaired) electrons. The van der Waals surface area contributed by atoms with Crippen LogP contribution in [0.4, 0.5) is 5.69 Å². The summed E-state index contributed by atoms with van der Waals surface area (Å²) in [5.74, 6) is 0.685. The van der Waals surface area contributed by atoms with Crippen molar-refractivity contribution in [2.75, 3.05) is 30.8 Å². The van der Waals surface area contributed by atoms with Gasteiger partial charge in [0.25, 0.3) is 0 Å². The highest BCUT2D eigenvalue weighted by Gasteiger charge is 2.20. The van der Waals surface area contributed by atoms with Crippen LogP contribution in [0.25, 0.3) is 0 Å². The topological polar surface area (TPSA) is 29.3 Å². The molecule has 1 unspecified atom stereocenters. The fraction of sp³-hybridized carbons (Fsp3) is 0.500. The van der Waals surface area contributed by atoms with Crippen molar-refractivity contribution in [3.63, 3.8) is 0 Å². The molecule has 0 saturated carbocycles. The normalized spacial score (nSPS) is 20.9. The van der Waals surface area contributed by atoms with Gasteiger partial charge in [0.1, 0.15) is 0 Å². The Morgan fingerprint density at radius 1 is 1.40 bits per heavy atom. The lowest BCUT2D eigenvalue weighted by Crippen LogP contribution is -2.22. The second-order valence-corrected chi connectivity index (χ2v) is 4.91. The molecule has 1 aliphatic rings. The molecule has 1 heterocycles. The minimum absolute atomic E-state index is 0.685. The summed E-state index contributed by atoms with van der Waals surface area (Å²) in [5, 5.41) is 0. The Morgan fingerprint density at radius 2 is 2.13 bits per heavy atom. The van der Waals surface area contributed by atoms with Crippen LogP contribution in [0, 0.1) is 5.92 Å². The van der Waals surface area contributed by atoms with Gasteiger partial charge in [-0.2, -0.15) is 0 Å². The molecule has 3 heteroatoms. The van der Waals surface area contributed by atoms with E-state index in [1.165, 1.54) is 17.0 Å². The molecule has 1 saturated heterocycles. The first-order valence-corrected chi connectivity index (χ1v) is 6.65. The number of rotatable bonds is 3. The van der Waals surface area contributed by atoms with Gasteiger partial charge < -0.3 is 10.6 Å². The van der Waals surface area contributed by atoms with Crippen LogP contribution in [-0.2, 0) is 0 Å². The summed E-state index contributed by atoms with van der Waals surface area (Å²) in [6.07, 6.45) is 3.34. The first-order valence-electron chi connectivity index (χ1n) is 5.42. The van der Waals surface area contributed by atoms with Crippen LogP contribution in [-0.4, -0.2) is 25.9 Å². The number of hydrogen-bond acceptors (Lipinski definition) is 3. The van der Waals surface area contributed by atoms with Gasteiger partial charge in [0.15, 0.2) is 0 Å². The summed E-state index contributed by atoms with van der Waals surface area (Å²) in [6.45, 7) is 3.09. The first kappa shape index (κ1) is 10.8. The maximum absolute atomic E-state index is 5.69. The maximum atomic E-state index is 5.69. The molecule has 0 spiro atoms. The lowest BCUT2D eigenvalue weighted by molar-refractivity contribution is 0.602. The molecule has 15 heavy (non-hydrogen) atoms. The van der Waals surface area contributed by atoms with Crippen molar-refractivity contribution in [2.24, 2.45) is 11.7 Å². The molecule has 0 bridgehead atoms. The van der Waals surface area contributed by atoms with Gasteiger partial charge in [0.05, 0.1) is 0 Å². The van der Waals surface area contributed by atoms with Crippen LogP contribution in [0.3, 0.4) is 0 Å². The third kappa shape index (κ3) is 2.47. The second kappa shape index (κ2) is 4.90. The molecule has 1 aromatic carbocycles. The maximum Gasteiger partial charge on any atom is 0.0367 e. The third-order valence-corrected chi connectivity index (χ3v) is 3.80. The first-order chi connectivity index (χ1) is 7.33. The quantitative estimate of drug-likeness (QED) is 0.795. The van der Waals surface area contributed by atoms with E-state index in [9.17, 15) is 0 Å². The molecular formula is C12H18N2S. The monoisotopic (exact) mass is 222 g/mol. The van der Waals surface area contributed by atoms with Crippen molar-refractivity contribution in [1.29, 1.82) is 0 Å². The van der Waals surface area contributed by atoms with Crippen LogP contribution in [0.15, 0.2) is 29.2 Å². The molecule has 2 N–H and O–H groups in total. The van der Waals surface area contributed by atoms with Gasteiger partial charge in [0.2, 0.25) is 0 Å². The summed E-state index contributed by atoms with van der Waals surface area (Å²) >= 11 is 1.79. The van der Waals surface area contributed by atoms with E-state index in [0.717, 1.165) is 19.6 Å². The number of thioether (sulfide) groups is 1. The van der Waals surface area contributed by atoms with Crippen LogP contribution in [0.5, 0.6) is 0 Å². The average Bonchev–Trinajstić information content (AvgIpc) is 2.78. The zero-order chi connectivity index (χ0) is 10.7. The highest BCUT2D eigenvalue weighted by atomic mass is 32.2. The molecule has 0 aromatic heterocycles. The fourth-order valence-corrected chi connectivity index (χ4v) is 2.46. The number of benzene rings is 1. The van der Waals surface area contributed by atoms with Crippen molar-refractivity contribution in [2.45, 2.75) is 11.3 Å². The van der Waals surface area contributed by atoms with Crippen LogP contribution in [0.2, 0.25) is 0 Å². The van der Waals surface area contributed by atoms with Gasteiger partial charge in [-0.15, -0.1) is 11.8 Å². The highest BCUT2D eigenvalue weighted by Crippen LogP contribution is 2.25. The van der Waals surface area contributed by atoms with E-state index in [2.05, 4.69) is 35.4 Å². The van der Waals surface area contributed by atoms with Crippen molar-refractivity contribution >= 4 is 17.4 Å². The van der Waals surface area contributed by atoms with Crippen LogP contribution < -0.4 is 10.6 Å². The van der Waals surface area contributed by atoms with E-state index in [-0.39, 0.29) is 0 Å². The lowest BCUT2D eigenvalue weighted by Gasteiger charge is -2.18. The predicted molar refractivity (Wildman–Crippen MR) is 67.6 cm³/mol. The van der Waals surface area contributed by atoms with Gasteiger partial charge in [-0.05, 0) is 49.4 Å². The summed E-state index contributed by atoms with van der Waals surface area (Å²) in [5.41, 5.74) is 7.03. The molecule has 1 aliphatic heterocycles. The Bertz CT molecular complexity index is 310. The Balaban J connectivity index is 2.04. The summed E-state index contributed by atoms with van der Waals surface area (Å²) in [7, 11) is 0. The zero-order valence-corrected chi connectivity index (χ0v) is 9.96. The molecule has 2 rings (SSSR count). The zero-order valence-electron chi connectivity index (χ0n) is 9.15. The lowest BCUT2D eigenvalue weighted by atomic mass is 10.1. The Morgan fingerprint density at radius 3 is 2.67 bits per heavy atom. The van der Waals surface area contributed by atoms with Gasteiger partial charge >= 0.3 is 0 Å². The summed E-state index contributed by atoms with van der Waals surface area (Å²) in [4.78, 5) is 3.76. The van der Waals surface area contributed by atoms with Crippen molar-refractivity contribution < 1.29 is 0 Å². The molecule has 1 fully saturated rings. The van der Waals surface area contributed by atoms with Gasteiger partial charge in [0, 0.05) is 23.7 Å². The second-order valence-electron chi connectivity index (χ2n) is 4.03. The molecule has 1 atom stereocenters. The van der Waals surface area contributed by atoms with Crippen molar-refractivity contribution in [1.82, 2.24) is 0 Å². The van der Waals surface area contributed by atoms with Crippen molar-refractivity contribution in [3.8, 4) is 0 Å². The van der Waals surface area contributed by atoms with E-state index in [0.29, 0.717) is 5.92 Å². The van der Waals surface area contributed by atoms with E-state index in [1.807, 2.05) is 0 Å². The molecule has 0 amide bonds. The number of nitrogens with two attached hydrogens (primary N) is 1. The molecule has 82 valence electrons. The van der Waals surface area contributed by atoms with Crippen LogP contribution in [0.1, 0.15) is 6.42 Å². The Labute approximate surface area is 95.8 Å². The van der Waals surface area contributed by atoms with E-state index in [4.69, 9.17) is 5.73 Å². The number of hydrogen-bond donors (Lipinski definition) is 1. The van der Waals surface area contributed by atoms with Gasteiger partial charge in [-0.3, -0.25) is 0 Å². The smallest absolute Gasteiger partial charge is 0.0367 e. The van der Waals surface area contributed by atoms with E-state index < -0.39 is 0 Å². The number of nitrogens with zero attached hydrogens (tertiary/aromatic N) is 1. The van der Waals surface area contributed by atoms with E-state index in [1.54, 1.807) is 11.8 Å². The summed E-state index contributed by atoms with van der Waals surface area (Å²) < 4.78 is 0. The Kier molecular flexibility index (Phi) is 3.54. The minimum atomic E-state index is 0.685. The van der Waals surface area contributed by atoms with Crippen LogP contribution >= 0.6 is 11.8 Å². The van der Waals surface area contributed by atoms with E-state index >= 15 is 0 Å². The van der Waals surface area contributed by atoms with Gasteiger partial charge in [-0.25, -0.2) is 0 Å². The SMILES string of the molecule is CSc1ccc(N2CCC(CN)C2)cc1. The number of anilines is 1. The average molecular weight is 222 g/mol.